The first kappa shape index (κ1) is 12.5. The minimum atomic E-state index is 0.979. The predicted molar refractivity (Wildman–Crippen MR) is 84.8 cm³/mol. The van der Waals surface area contributed by atoms with Gasteiger partial charge in [0.2, 0.25) is 0 Å². The Bertz CT molecular complexity index is 622. The Morgan fingerprint density at radius 2 is 1.84 bits per heavy atom. The van der Waals surface area contributed by atoms with Crippen molar-refractivity contribution in [2.45, 2.75) is 20.0 Å². The molecule has 0 atom stereocenters. The molecule has 19 heavy (non-hydrogen) atoms. The summed E-state index contributed by atoms with van der Waals surface area (Å²) in [6.45, 7) is 4.08. The Balaban J connectivity index is 1.90. The van der Waals surface area contributed by atoms with Crippen molar-refractivity contribution in [3.63, 3.8) is 0 Å². The maximum absolute atomic E-state index is 3.68. The molecule has 98 valence electrons. The second kappa shape index (κ2) is 4.89. The van der Waals surface area contributed by atoms with Gasteiger partial charge >= 0.3 is 0 Å². The summed E-state index contributed by atoms with van der Waals surface area (Å²) in [6, 6.07) is 13.2. The molecule has 2 aromatic carbocycles. The average molecular weight is 317 g/mol. The molecule has 0 radical (unpaired) electrons. The molecule has 1 heterocycles. The molecule has 1 aliphatic heterocycles. The Labute approximate surface area is 122 Å². The second-order valence-corrected chi connectivity index (χ2v) is 5.90. The van der Waals surface area contributed by atoms with Crippen molar-refractivity contribution in [2.24, 2.45) is 0 Å². The number of hydrogen-bond donors (Lipinski definition) is 1. The van der Waals surface area contributed by atoms with Crippen molar-refractivity contribution < 1.29 is 0 Å². The fourth-order valence-electron chi connectivity index (χ4n) is 2.59. The van der Waals surface area contributed by atoms with E-state index in [-0.39, 0.29) is 0 Å². The highest BCUT2D eigenvalue weighted by atomic mass is 79.9. The van der Waals surface area contributed by atoms with Crippen LogP contribution >= 0.6 is 15.9 Å². The van der Waals surface area contributed by atoms with Crippen molar-refractivity contribution >= 4 is 27.3 Å². The molecular formula is C16H17BrN2. The Morgan fingerprint density at radius 1 is 1.05 bits per heavy atom. The van der Waals surface area contributed by atoms with Gasteiger partial charge in [-0.1, -0.05) is 12.1 Å². The zero-order chi connectivity index (χ0) is 13.4. The molecule has 2 nitrogen and oxygen atoms in total. The summed E-state index contributed by atoms with van der Waals surface area (Å²) < 4.78 is 1.18. The third-order valence-corrected chi connectivity index (χ3v) is 4.30. The molecule has 0 spiro atoms. The van der Waals surface area contributed by atoms with Crippen LogP contribution in [0.1, 0.15) is 16.7 Å². The minimum absolute atomic E-state index is 0.979. The molecule has 0 saturated carbocycles. The van der Waals surface area contributed by atoms with E-state index in [0.29, 0.717) is 0 Å². The van der Waals surface area contributed by atoms with Gasteiger partial charge in [-0.2, -0.15) is 0 Å². The predicted octanol–water partition coefficient (Wildman–Crippen LogP) is 4.32. The molecule has 1 aliphatic rings. The Morgan fingerprint density at radius 3 is 2.58 bits per heavy atom. The first-order valence-corrected chi connectivity index (χ1v) is 7.27. The van der Waals surface area contributed by atoms with E-state index in [1.807, 2.05) is 7.05 Å². The van der Waals surface area contributed by atoms with Crippen LogP contribution in [0, 0.1) is 6.92 Å². The smallest absolute Gasteiger partial charge is 0.0516 e. The lowest BCUT2D eigenvalue weighted by atomic mass is 10.1. The van der Waals surface area contributed by atoms with Crippen molar-refractivity contribution in [3.05, 3.63) is 57.6 Å². The first-order valence-electron chi connectivity index (χ1n) is 6.48. The van der Waals surface area contributed by atoms with Gasteiger partial charge in [0.1, 0.15) is 0 Å². The summed E-state index contributed by atoms with van der Waals surface area (Å²) >= 11 is 3.68. The van der Waals surface area contributed by atoms with Crippen LogP contribution in [0.15, 0.2) is 40.9 Å². The molecular weight excluding hydrogens is 300 g/mol. The maximum Gasteiger partial charge on any atom is 0.0516 e. The van der Waals surface area contributed by atoms with Gasteiger partial charge in [-0.3, -0.25) is 0 Å². The number of anilines is 2. The zero-order valence-corrected chi connectivity index (χ0v) is 12.8. The van der Waals surface area contributed by atoms with Gasteiger partial charge in [0.15, 0.2) is 0 Å². The van der Waals surface area contributed by atoms with Crippen LogP contribution in [0.5, 0.6) is 0 Å². The minimum Gasteiger partial charge on any atom is -0.388 e. The molecule has 2 aromatic rings. The van der Waals surface area contributed by atoms with Gasteiger partial charge in [-0.05, 0) is 63.8 Å². The lowest BCUT2D eigenvalue weighted by molar-refractivity contribution is 0.877. The van der Waals surface area contributed by atoms with E-state index < -0.39 is 0 Å². The van der Waals surface area contributed by atoms with Gasteiger partial charge in [0, 0.05) is 30.3 Å². The summed E-state index contributed by atoms with van der Waals surface area (Å²) in [7, 11) is 1.96. The molecule has 3 heteroatoms. The van der Waals surface area contributed by atoms with Crippen molar-refractivity contribution in [3.8, 4) is 0 Å². The number of nitrogens with zero attached hydrogens (tertiary/aromatic N) is 1. The molecule has 0 amide bonds. The van der Waals surface area contributed by atoms with Crippen LogP contribution in [0.2, 0.25) is 0 Å². The van der Waals surface area contributed by atoms with Crippen LogP contribution in [0.3, 0.4) is 0 Å². The fraction of sp³-hybridized carbons (Fsp3) is 0.250. The summed E-state index contributed by atoms with van der Waals surface area (Å²) in [5, 5.41) is 3.20. The lowest BCUT2D eigenvalue weighted by Crippen LogP contribution is -2.14. The number of hydrogen-bond acceptors (Lipinski definition) is 2. The second-order valence-electron chi connectivity index (χ2n) is 5.04. The van der Waals surface area contributed by atoms with Crippen LogP contribution in [-0.2, 0) is 13.1 Å². The maximum atomic E-state index is 3.68. The van der Waals surface area contributed by atoms with Gasteiger partial charge in [-0.25, -0.2) is 0 Å². The quantitative estimate of drug-likeness (QED) is 0.887. The third kappa shape index (κ3) is 2.35. The van der Waals surface area contributed by atoms with Crippen molar-refractivity contribution in [1.82, 2.24) is 0 Å². The number of fused-ring (bicyclic) bond motifs is 1. The number of halogens is 1. The SMILES string of the molecule is CNc1ccc2c(c1)CN(c1ccc(C)cc1Br)C2. The Hall–Kier alpha value is -1.48. The molecule has 1 N–H and O–H groups in total. The number of aryl methyl sites for hydroxylation is 1. The third-order valence-electron chi connectivity index (χ3n) is 3.66. The van der Waals surface area contributed by atoms with Crippen LogP contribution in [0.4, 0.5) is 11.4 Å². The fourth-order valence-corrected chi connectivity index (χ4v) is 3.33. The molecule has 0 fully saturated rings. The molecule has 3 rings (SSSR count). The number of nitrogens with one attached hydrogen (secondary N) is 1. The average Bonchev–Trinajstić information content (AvgIpc) is 2.80. The summed E-state index contributed by atoms with van der Waals surface area (Å²) in [6.07, 6.45) is 0. The van der Waals surface area contributed by atoms with Gasteiger partial charge in [0.25, 0.3) is 0 Å². The normalized spacial score (nSPS) is 13.5. The van der Waals surface area contributed by atoms with E-state index in [1.165, 1.54) is 32.5 Å². The number of benzene rings is 2. The molecule has 0 saturated heterocycles. The van der Waals surface area contributed by atoms with E-state index in [0.717, 1.165) is 13.1 Å². The van der Waals surface area contributed by atoms with Crippen LogP contribution in [-0.4, -0.2) is 7.05 Å². The van der Waals surface area contributed by atoms with Crippen LogP contribution < -0.4 is 10.2 Å². The summed E-state index contributed by atoms with van der Waals surface area (Å²) in [5.74, 6) is 0. The highest BCUT2D eigenvalue weighted by Gasteiger charge is 2.20. The van der Waals surface area contributed by atoms with Crippen molar-refractivity contribution in [2.75, 3.05) is 17.3 Å². The van der Waals surface area contributed by atoms with Gasteiger partial charge in [-0.15, -0.1) is 0 Å². The van der Waals surface area contributed by atoms with Crippen molar-refractivity contribution in [1.29, 1.82) is 0 Å². The van der Waals surface area contributed by atoms with E-state index in [2.05, 4.69) is 69.5 Å². The van der Waals surface area contributed by atoms with E-state index in [4.69, 9.17) is 0 Å². The van der Waals surface area contributed by atoms with Gasteiger partial charge in [0.05, 0.1) is 5.69 Å². The summed E-state index contributed by atoms with van der Waals surface area (Å²) in [4.78, 5) is 2.41. The van der Waals surface area contributed by atoms with E-state index in [9.17, 15) is 0 Å². The standard InChI is InChI=1S/C16H17BrN2/c1-11-3-6-16(15(17)7-11)19-9-12-4-5-14(18-2)8-13(12)10-19/h3-8,18H,9-10H2,1-2H3. The highest BCUT2D eigenvalue weighted by Crippen LogP contribution is 2.34. The zero-order valence-electron chi connectivity index (χ0n) is 11.2. The summed E-state index contributed by atoms with van der Waals surface area (Å²) in [5.41, 5.74) is 6.58. The first-order chi connectivity index (χ1) is 9.17. The Kier molecular flexibility index (Phi) is 3.23. The molecule has 0 bridgehead atoms. The topological polar surface area (TPSA) is 15.3 Å². The monoisotopic (exact) mass is 316 g/mol. The van der Waals surface area contributed by atoms with Gasteiger partial charge < -0.3 is 10.2 Å². The highest BCUT2D eigenvalue weighted by molar-refractivity contribution is 9.10. The number of rotatable bonds is 2. The molecule has 0 aliphatic carbocycles. The largest absolute Gasteiger partial charge is 0.388 e. The molecule has 0 unspecified atom stereocenters. The van der Waals surface area contributed by atoms with Crippen LogP contribution in [0.25, 0.3) is 0 Å². The van der Waals surface area contributed by atoms with E-state index >= 15 is 0 Å². The lowest BCUT2D eigenvalue weighted by Gasteiger charge is -2.19. The van der Waals surface area contributed by atoms with E-state index in [1.54, 1.807) is 0 Å². The molecule has 0 aromatic heterocycles.